The lowest BCUT2D eigenvalue weighted by molar-refractivity contribution is 0.110. The van der Waals surface area contributed by atoms with Crippen LogP contribution in [0.4, 0.5) is 0 Å². The minimum Gasteiger partial charge on any atom is -0.506 e. The molecule has 0 amide bonds. The van der Waals surface area contributed by atoms with Gasteiger partial charge >= 0.3 is 0 Å². The van der Waals surface area contributed by atoms with E-state index in [1.807, 2.05) is 0 Å². The number of aryl methyl sites for hydroxylation is 1. The SMILES string of the molecule is Cc1cccs1.Oc1ccc(C(O)CN2C[C@H]3CC(O)C[C@H]3C2)nc1. The van der Waals surface area contributed by atoms with E-state index in [1.165, 1.54) is 11.1 Å². The van der Waals surface area contributed by atoms with Crippen LogP contribution in [-0.4, -0.2) is 50.9 Å². The number of β-amino-alcohol motifs (C(OH)–C–C–N with tert-alkyl or cyclic N) is 1. The zero-order chi connectivity index (χ0) is 17.8. The van der Waals surface area contributed by atoms with Crippen LogP contribution in [0.1, 0.15) is 29.5 Å². The van der Waals surface area contributed by atoms with Crippen molar-refractivity contribution in [2.45, 2.75) is 32.0 Å². The topological polar surface area (TPSA) is 76.8 Å². The lowest BCUT2D eigenvalue weighted by Crippen LogP contribution is -2.28. The molecule has 3 heterocycles. The molecule has 6 heteroatoms. The summed E-state index contributed by atoms with van der Waals surface area (Å²) in [7, 11) is 0. The Bertz CT molecular complexity index is 633. The zero-order valence-electron chi connectivity index (χ0n) is 14.5. The number of hydrogen-bond donors (Lipinski definition) is 3. The van der Waals surface area contributed by atoms with Gasteiger partial charge in [-0.25, -0.2) is 0 Å². The van der Waals surface area contributed by atoms with Crippen LogP contribution in [0.25, 0.3) is 0 Å². The molecule has 5 nitrogen and oxygen atoms in total. The van der Waals surface area contributed by atoms with Gasteiger partial charge in [-0.2, -0.15) is 0 Å². The summed E-state index contributed by atoms with van der Waals surface area (Å²) >= 11 is 1.78. The van der Waals surface area contributed by atoms with Crippen LogP contribution in [0.3, 0.4) is 0 Å². The summed E-state index contributed by atoms with van der Waals surface area (Å²) in [5.74, 6) is 1.27. The maximum Gasteiger partial charge on any atom is 0.133 e. The average molecular weight is 362 g/mol. The van der Waals surface area contributed by atoms with Gasteiger partial charge in [0.2, 0.25) is 0 Å². The molecule has 1 aliphatic carbocycles. The maximum atomic E-state index is 10.2. The molecular weight excluding hydrogens is 336 g/mol. The molecule has 4 atom stereocenters. The number of aromatic hydroxyl groups is 1. The summed E-state index contributed by atoms with van der Waals surface area (Å²) in [6.45, 7) is 4.58. The summed E-state index contributed by atoms with van der Waals surface area (Å²) in [5, 5.41) is 31.0. The largest absolute Gasteiger partial charge is 0.506 e. The first kappa shape index (κ1) is 18.3. The Morgan fingerprint density at radius 3 is 2.44 bits per heavy atom. The molecule has 1 saturated heterocycles. The van der Waals surface area contributed by atoms with E-state index in [4.69, 9.17) is 0 Å². The van der Waals surface area contributed by atoms with Crippen LogP contribution >= 0.6 is 11.3 Å². The average Bonchev–Trinajstić information content (AvgIpc) is 3.25. The van der Waals surface area contributed by atoms with Crippen molar-refractivity contribution < 1.29 is 15.3 Å². The Labute approximate surface area is 152 Å². The number of rotatable bonds is 3. The Morgan fingerprint density at radius 1 is 1.24 bits per heavy atom. The Morgan fingerprint density at radius 2 is 1.96 bits per heavy atom. The van der Waals surface area contributed by atoms with Crippen molar-refractivity contribution in [3.05, 3.63) is 46.4 Å². The molecule has 0 bridgehead atoms. The van der Waals surface area contributed by atoms with Crippen molar-refractivity contribution in [3.8, 4) is 5.75 Å². The molecule has 4 rings (SSSR count). The highest BCUT2D eigenvalue weighted by Crippen LogP contribution is 2.38. The standard InChI is InChI=1S/C14H20N2O3.C5H6S/c17-11-1-2-13(15-5-11)14(19)8-16-6-9-3-12(18)4-10(9)7-16;1-5-3-2-4-6-5/h1-2,5,9-10,12,14,17-19H,3-4,6-8H2;2-4H,1H3/t9-,10+,12?,14?;. The highest BCUT2D eigenvalue weighted by atomic mass is 32.1. The van der Waals surface area contributed by atoms with Gasteiger partial charge in [-0.3, -0.25) is 9.88 Å². The second-order valence-electron chi connectivity index (χ2n) is 7.04. The van der Waals surface area contributed by atoms with E-state index in [9.17, 15) is 15.3 Å². The van der Waals surface area contributed by atoms with E-state index in [1.54, 1.807) is 23.5 Å². The first-order chi connectivity index (χ1) is 12.0. The summed E-state index contributed by atoms with van der Waals surface area (Å²) < 4.78 is 0. The Hall–Kier alpha value is -1.47. The van der Waals surface area contributed by atoms with Crippen molar-refractivity contribution >= 4 is 11.3 Å². The fraction of sp³-hybridized carbons (Fsp3) is 0.526. The van der Waals surface area contributed by atoms with Crippen LogP contribution in [-0.2, 0) is 0 Å². The number of aliphatic hydroxyl groups is 2. The number of thiophene rings is 1. The van der Waals surface area contributed by atoms with Crippen molar-refractivity contribution in [1.82, 2.24) is 9.88 Å². The zero-order valence-corrected chi connectivity index (χ0v) is 15.3. The minimum absolute atomic E-state index is 0.112. The van der Waals surface area contributed by atoms with E-state index in [-0.39, 0.29) is 11.9 Å². The van der Waals surface area contributed by atoms with Crippen LogP contribution < -0.4 is 0 Å². The quantitative estimate of drug-likeness (QED) is 0.782. The highest BCUT2D eigenvalue weighted by molar-refractivity contribution is 7.09. The lowest BCUT2D eigenvalue weighted by atomic mass is 10.0. The van der Waals surface area contributed by atoms with Gasteiger partial charge in [0, 0.05) is 24.5 Å². The predicted octanol–water partition coefficient (Wildman–Crippen LogP) is 2.58. The number of likely N-dealkylation sites (tertiary alicyclic amines) is 1. The van der Waals surface area contributed by atoms with Gasteiger partial charge in [0.15, 0.2) is 0 Å². The Kier molecular flexibility index (Phi) is 6.06. The van der Waals surface area contributed by atoms with Crippen molar-refractivity contribution in [1.29, 1.82) is 0 Å². The second-order valence-corrected chi connectivity index (χ2v) is 8.20. The molecule has 2 aliphatic rings. The van der Waals surface area contributed by atoms with Gasteiger partial charge < -0.3 is 15.3 Å². The third-order valence-electron chi connectivity index (χ3n) is 5.01. The van der Waals surface area contributed by atoms with Gasteiger partial charge in [-0.1, -0.05) is 6.07 Å². The number of fused-ring (bicyclic) bond motifs is 1. The maximum absolute atomic E-state index is 10.2. The molecule has 2 aromatic rings. The van der Waals surface area contributed by atoms with Crippen LogP contribution in [0.5, 0.6) is 5.75 Å². The highest BCUT2D eigenvalue weighted by Gasteiger charge is 2.40. The normalized spacial score (nSPS) is 26.8. The third kappa shape index (κ3) is 5.01. The van der Waals surface area contributed by atoms with Gasteiger partial charge in [0.05, 0.1) is 18.0 Å². The van der Waals surface area contributed by atoms with Gasteiger partial charge in [0.1, 0.15) is 11.9 Å². The minimum atomic E-state index is -0.621. The third-order valence-corrected chi connectivity index (χ3v) is 5.81. The molecule has 1 saturated carbocycles. The number of hydrogen-bond acceptors (Lipinski definition) is 6. The van der Waals surface area contributed by atoms with Gasteiger partial charge in [-0.15, -0.1) is 11.3 Å². The van der Waals surface area contributed by atoms with Crippen LogP contribution in [0.2, 0.25) is 0 Å². The lowest BCUT2D eigenvalue weighted by Gasteiger charge is -2.21. The van der Waals surface area contributed by atoms with Gasteiger partial charge in [-0.05, 0) is 55.2 Å². The van der Waals surface area contributed by atoms with E-state index < -0.39 is 6.10 Å². The number of aliphatic hydroxyl groups excluding tert-OH is 2. The Balaban J connectivity index is 0.000000258. The van der Waals surface area contributed by atoms with Crippen molar-refractivity contribution in [2.75, 3.05) is 19.6 Å². The number of nitrogens with zero attached hydrogens (tertiary/aromatic N) is 2. The van der Waals surface area contributed by atoms with E-state index in [0.29, 0.717) is 24.1 Å². The molecule has 0 aromatic carbocycles. The molecule has 0 radical (unpaired) electrons. The predicted molar refractivity (Wildman–Crippen MR) is 98.6 cm³/mol. The molecule has 2 fully saturated rings. The van der Waals surface area contributed by atoms with Crippen LogP contribution in [0, 0.1) is 18.8 Å². The van der Waals surface area contributed by atoms with Crippen LogP contribution in [0.15, 0.2) is 35.8 Å². The number of aromatic nitrogens is 1. The molecule has 2 unspecified atom stereocenters. The van der Waals surface area contributed by atoms with Crippen molar-refractivity contribution in [3.63, 3.8) is 0 Å². The molecule has 2 aromatic heterocycles. The molecule has 3 N–H and O–H groups in total. The molecule has 136 valence electrons. The first-order valence-corrected chi connectivity index (χ1v) is 9.62. The van der Waals surface area contributed by atoms with E-state index >= 15 is 0 Å². The van der Waals surface area contributed by atoms with E-state index in [2.05, 4.69) is 34.3 Å². The summed E-state index contributed by atoms with van der Waals surface area (Å²) in [5.41, 5.74) is 0.592. The summed E-state index contributed by atoms with van der Waals surface area (Å²) in [6.07, 6.45) is 2.40. The number of pyridine rings is 1. The fourth-order valence-corrected chi connectivity index (χ4v) is 4.34. The second kappa shape index (κ2) is 8.27. The fourth-order valence-electron chi connectivity index (χ4n) is 3.81. The van der Waals surface area contributed by atoms with E-state index in [0.717, 1.165) is 25.9 Å². The summed E-state index contributed by atoms with van der Waals surface area (Å²) in [4.78, 5) is 7.67. The molecule has 25 heavy (non-hydrogen) atoms. The van der Waals surface area contributed by atoms with Crippen molar-refractivity contribution in [2.24, 2.45) is 11.8 Å². The smallest absolute Gasteiger partial charge is 0.133 e. The van der Waals surface area contributed by atoms with Gasteiger partial charge in [0.25, 0.3) is 0 Å². The molecule has 0 spiro atoms. The monoisotopic (exact) mass is 362 g/mol. The molecule has 1 aliphatic heterocycles. The first-order valence-electron chi connectivity index (χ1n) is 8.74. The molecular formula is C19H26N2O3S. The summed E-state index contributed by atoms with van der Waals surface area (Å²) in [6, 6.07) is 7.35.